The lowest BCUT2D eigenvalue weighted by molar-refractivity contribution is -0.150. The number of rotatable bonds is 10. The van der Waals surface area contributed by atoms with Crippen LogP contribution in [0.4, 0.5) is 0 Å². The minimum atomic E-state index is -0.677. The molecule has 0 aliphatic carbocycles. The number of hydrogen-bond acceptors (Lipinski definition) is 6. The monoisotopic (exact) mass is 435 g/mol. The van der Waals surface area contributed by atoms with Gasteiger partial charge in [0.25, 0.3) is 5.91 Å². The van der Waals surface area contributed by atoms with Crippen LogP contribution >= 0.6 is 27.5 Å². The van der Waals surface area contributed by atoms with E-state index in [1.807, 2.05) is 0 Å². The third-order valence-electron chi connectivity index (χ3n) is 2.79. The van der Waals surface area contributed by atoms with E-state index in [2.05, 4.69) is 21.2 Å². The van der Waals surface area contributed by atoms with E-state index in [4.69, 9.17) is 25.8 Å². The van der Waals surface area contributed by atoms with E-state index >= 15 is 0 Å². The van der Waals surface area contributed by atoms with Crippen LogP contribution < -0.4 is 10.1 Å². The Morgan fingerprint density at radius 1 is 1.16 bits per heavy atom. The predicted octanol–water partition coefficient (Wildman–Crippen LogP) is 2.48. The second kappa shape index (κ2) is 11.7. The minimum absolute atomic E-state index is 0.220. The van der Waals surface area contributed by atoms with Gasteiger partial charge in [0.05, 0.1) is 11.1 Å². The lowest BCUT2D eigenvalue weighted by Crippen LogP contribution is -2.30. The van der Waals surface area contributed by atoms with Crippen molar-refractivity contribution in [2.45, 2.75) is 19.8 Å². The summed E-state index contributed by atoms with van der Waals surface area (Å²) in [5.41, 5.74) is 0. The van der Waals surface area contributed by atoms with Crippen molar-refractivity contribution in [3.8, 4) is 5.75 Å². The first kappa shape index (κ1) is 21.2. The second-order valence-corrected chi connectivity index (χ2v) is 6.07. The summed E-state index contributed by atoms with van der Waals surface area (Å²) >= 11 is 9.06. The molecule has 25 heavy (non-hydrogen) atoms. The van der Waals surface area contributed by atoms with Crippen LogP contribution in [0.2, 0.25) is 5.02 Å². The Labute approximate surface area is 159 Å². The highest BCUT2D eigenvalue weighted by molar-refractivity contribution is 9.10. The molecule has 1 aromatic carbocycles. The van der Waals surface area contributed by atoms with Crippen LogP contribution in [0.5, 0.6) is 5.75 Å². The Morgan fingerprint density at radius 3 is 2.60 bits per heavy atom. The summed E-state index contributed by atoms with van der Waals surface area (Å²) in [6, 6.07) is 4.86. The van der Waals surface area contributed by atoms with Crippen molar-refractivity contribution in [1.29, 1.82) is 0 Å². The highest BCUT2D eigenvalue weighted by Gasteiger charge is 2.10. The quantitative estimate of drug-likeness (QED) is 0.448. The Bertz CT molecular complexity index is 610. The molecule has 0 saturated carbocycles. The van der Waals surface area contributed by atoms with Gasteiger partial charge in [-0.1, -0.05) is 11.6 Å². The summed E-state index contributed by atoms with van der Waals surface area (Å²) in [4.78, 5) is 34.2. The molecule has 9 heteroatoms. The second-order valence-electron chi connectivity index (χ2n) is 4.78. The highest BCUT2D eigenvalue weighted by Crippen LogP contribution is 2.27. The van der Waals surface area contributed by atoms with E-state index < -0.39 is 18.5 Å². The van der Waals surface area contributed by atoms with Gasteiger partial charge >= 0.3 is 11.9 Å². The Morgan fingerprint density at radius 2 is 1.92 bits per heavy atom. The zero-order valence-corrected chi connectivity index (χ0v) is 16.0. The van der Waals surface area contributed by atoms with Crippen molar-refractivity contribution in [3.63, 3.8) is 0 Å². The molecule has 1 amide bonds. The molecule has 0 heterocycles. The van der Waals surface area contributed by atoms with Gasteiger partial charge in [0.2, 0.25) is 0 Å². The van der Waals surface area contributed by atoms with Gasteiger partial charge in [-0.2, -0.15) is 0 Å². The van der Waals surface area contributed by atoms with Crippen LogP contribution in [-0.4, -0.2) is 44.2 Å². The van der Waals surface area contributed by atoms with Crippen molar-refractivity contribution in [1.82, 2.24) is 5.32 Å². The van der Waals surface area contributed by atoms with E-state index in [0.29, 0.717) is 34.8 Å². The maximum atomic E-state index is 11.6. The SMILES string of the molecule is CCOC(=O)CCCNC(=O)COC(=O)COc1ccc(Cl)cc1Br. The van der Waals surface area contributed by atoms with E-state index in [-0.39, 0.29) is 19.0 Å². The molecule has 0 saturated heterocycles. The lowest BCUT2D eigenvalue weighted by atomic mass is 10.3. The number of carbonyl (C=O) groups is 3. The fraction of sp³-hybridized carbons (Fsp3) is 0.438. The van der Waals surface area contributed by atoms with Crippen LogP contribution in [0.15, 0.2) is 22.7 Å². The van der Waals surface area contributed by atoms with Crippen LogP contribution in [-0.2, 0) is 23.9 Å². The molecule has 1 N–H and O–H groups in total. The molecule has 1 rings (SSSR count). The smallest absolute Gasteiger partial charge is 0.344 e. The summed E-state index contributed by atoms with van der Waals surface area (Å²) in [6.07, 6.45) is 0.671. The Kier molecular flexibility index (Phi) is 9.94. The fourth-order valence-electron chi connectivity index (χ4n) is 1.66. The number of amides is 1. The maximum Gasteiger partial charge on any atom is 0.344 e. The van der Waals surface area contributed by atoms with Crippen molar-refractivity contribution < 1.29 is 28.6 Å². The van der Waals surface area contributed by atoms with Crippen molar-refractivity contribution in [2.75, 3.05) is 26.4 Å². The summed E-state index contributed by atoms with van der Waals surface area (Å²) in [5.74, 6) is -1.01. The summed E-state index contributed by atoms with van der Waals surface area (Å²) in [6.45, 7) is 1.60. The Hall–Kier alpha value is -1.80. The molecule has 0 aliphatic heterocycles. The number of nitrogens with one attached hydrogen (secondary N) is 1. The van der Waals surface area contributed by atoms with Crippen molar-refractivity contribution in [3.05, 3.63) is 27.7 Å². The minimum Gasteiger partial charge on any atom is -0.481 e. The van der Waals surface area contributed by atoms with Gasteiger partial charge in [-0.3, -0.25) is 9.59 Å². The normalized spacial score (nSPS) is 10.0. The average molecular weight is 437 g/mol. The largest absolute Gasteiger partial charge is 0.481 e. The van der Waals surface area contributed by atoms with Crippen LogP contribution in [0.1, 0.15) is 19.8 Å². The molecule has 0 fully saturated rings. The predicted molar refractivity (Wildman–Crippen MR) is 94.5 cm³/mol. The fourth-order valence-corrected chi connectivity index (χ4v) is 2.46. The zero-order chi connectivity index (χ0) is 18.7. The third kappa shape index (κ3) is 9.31. The number of esters is 2. The molecule has 0 spiro atoms. The van der Waals surface area contributed by atoms with E-state index in [9.17, 15) is 14.4 Å². The van der Waals surface area contributed by atoms with Gasteiger partial charge in [-0.25, -0.2) is 4.79 Å². The molecule has 0 atom stereocenters. The molecule has 7 nitrogen and oxygen atoms in total. The first-order chi connectivity index (χ1) is 11.9. The summed E-state index contributed by atoms with van der Waals surface area (Å²) in [5, 5.41) is 3.07. The van der Waals surface area contributed by atoms with E-state index in [0.717, 1.165) is 0 Å². The Balaban J connectivity index is 2.16. The highest BCUT2D eigenvalue weighted by atomic mass is 79.9. The van der Waals surface area contributed by atoms with E-state index in [1.54, 1.807) is 25.1 Å². The van der Waals surface area contributed by atoms with Crippen LogP contribution in [0.25, 0.3) is 0 Å². The molecule has 0 aromatic heterocycles. The molecule has 1 aromatic rings. The molecule has 0 unspecified atom stereocenters. The molecule has 138 valence electrons. The average Bonchev–Trinajstić information content (AvgIpc) is 2.56. The van der Waals surface area contributed by atoms with Crippen molar-refractivity contribution >= 4 is 45.4 Å². The lowest BCUT2D eigenvalue weighted by Gasteiger charge is -2.09. The number of halogens is 2. The summed E-state index contributed by atoms with van der Waals surface area (Å²) in [7, 11) is 0. The van der Waals surface area contributed by atoms with Gasteiger partial charge in [-0.15, -0.1) is 0 Å². The maximum absolute atomic E-state index is 11.6. The topological polar surface area (TPSA) is 90.9 Å². The standard InChI is InChI=1S/C16H19BrClNO6/c1-2-23-15(21)4-3-7-19-14(20)9-25-16(22)10-24-13-6-5-11(18)8-12(13)17/h5-6,8H,2-4,7,9-10H2,1H3,(H,19,20). The van der Waals surface area contributed by atoms with E-state index in [1.165, 1.54) is 0 Å². The first-order valence-corrected chi connectivity index (χ1v) is 8.75. The number of benzene rings is 1. The van der Waals surface area contributed by atoms with Gasteiger partial charge < -0.3 is 19.5 Å². The zero-order valence-electron chi connectivity index (χ0n) is 13.7. The number of ether oxygens (including phenoxy) is 3. The third-order valence-corrected chi connectivity index (χ3v) is 3.64. The summed E-state index contributed by atoms with van der Waals surface area (Å²) < 4.78 is 15.4. The van der Waals surface area contributed by atoms with Crippen LogP contribution in [0.3, 0.4) is 0 Å². The van der Waals surface area contributed by atoms with Gasteiger partial charge in [0.15, 0.2) is 13.2 Å². The van der Waals surface area contributed by atoms with Gasteiger partial charge in [0.1, 0.15) is 5.75 Å². The molecule has 0 radical (unpaired) electrons. The van der Waals surface area contributed by atoms with Crippen molar-refractivity contribution in [2.24, 2.45) is 0 Å². The molecular formula is C16H19BrClNO6. The number of hydrogen-bond donors (Lipinski definition) is 1. The van der Waals surface area contributed by atoms with Gasteiger partial charge in [-0.05, 0) is 47.5 Å². The molecule has 0 bridgehead atoms. The van der Waals surface area contributed by atoms with Gasteiger partial charge in [0, 0.05) is 18.0 Å². The molecule has 0 aliphatic rings. The number of carbonyl (C=O) groups excluding carboxylic acids is 3. The van der Waals surface area contributed by atoms with Crippen LogP contribution in [0, 0.1) is 0 Å². The first-order valence-electron chi connectivity index (χ1n) is 7.58. The molecular weight excluding hydrogens is 418 g/mol.